The SMILES string of the molecule is CC(c1cc(F)cc(F)c1)[N+](=O)[O-]. The third-order valence-corrected chi connectivity index (χ3v) is 1.68. The molecular weight excluding hydrogens is 180 g/mol. The number of nitro groups is 1. The van der Waals surface area contributed by atoms with Gasteiger partial charge in [0.25, 0.3) is 0 Å². The van der Waals surface area contributed by atoms with E-state index in [-0.39, 0.29) is 5.56 Å². The molecule has 0 aliphatic heterocycles. The van der Waals surface area contributed by atoms with Crippen LogP contribution in [0.2, 0.25) is 0 Å². The van der Waals surface area contributed by atoms with Gasteiger partial charge < -0.3 is 0 Å². The van der Waals surface area contributed by atoms with Crippen LogP contribution in [-0.2, 0) is 0 Å². The van der Waals surface area contributed by atoms with Gasteiger partial charge in [0.05, 0.1) is 0 Å². The highest BCUT2D eigenvalue weighted by atomic mass is 19.1. The van der Waals surface area contributed by atoms with E-state index in [4.69, 9.17) is 0 Å². The fourth-order valence-electron chi connectivity index (χ4n) is 0.938. The first-order chi connectivity index (χ1) is 6.00. The summed E-state index contributed by atoms with van der Waals surface area (Å²) in [6.45, 7) is 1.27. The Bertz CT molecular complexity index is 321. The third kappa shape index (κ3) is 2.21. The van der Waals surface area contributed by atoms with Crippen molar-refractivity contribution in [3.05, 3.63) is 45.5 Å². The van der Waals surface area contributed by atoms with E-state index < -0.39 is 22.6 Å². The van der Waals surface area contributed by atoms with Crippen LogP contribution < -0.4 is 0 Å². The van der Waals surface area contributed by atoms with Gasteiger partial charge >= 0.3 is 0 Å². The molecular formula is C8H7F2NO2. The summed E-state index contributed by atoms with van der Waals surface area (Å²) in [5.41, 5.74) is 0.0301. The summed E-state index contributed by atoms with van der Waals surface area (Å²) in [5, 5.41) is 10.3. The molecule has 3 nitrogen and oxygen atoms in total. The Kier molecular flexibility index (Phi) is 2.55. The van der Waals surface area contributed by atoms with Crippen molar-refractivity contribution in [3.8, 4) is 0 Å². The normalized spacial score (nSPS) is 12.5. The van der Waals surface area contributed by atoms with Crippen molar-refractivity contribution in [2.45, 2.75) is 13.0 Å². The lowest BCUT2D eigenvalue weighted by Crippen LogP contribution is -2.06. The standard InChI is InChI=1S/C8H7F2NO2/c1-5(11(12)13)6-2-7(9)4-8(10)3-6/h2-5H,1H3. The van der Waals surface area contributed by atoms with E-state index in [1.54, 1.807) is 0 Å². The van der Waals surface area contributed by atoms with Crippen molar-refractivity contribution in [2.24, 2.45) is 0 Å². The number of nitrogens with zero attached hydrogens (tertiary/aromatic N) is 1. The molecule has 0 bridgehead atoms. The molecule has 5 heteroatoms. The molecule has 0 aromatic heterocycles. The molecule has 0 heterocycles. The Labute approximate surface area is 73.1 Å². The second kappa shape index (κ2) is 3.47. The Hall–Kier alpha value is -1.52. The number of halogens is 2. The lowest BCUT2D eigenvalue weighted by Gasteiger charge is -2.03. The molecule has 0 saturated heterocycles. The van der Waals surface area contributed by atoms with Crippen LogP contribution in [0.5, 0.6) is 0 Å². The van der Waals surface area contributed by atoms with Gasteiger partial charge in [0, 0.05) is 23.5 Å². The summed E-state index contributed by atoms with van der Waals surface area (Å²) in [6.07, 6.45) is 0. The Morgan fingerprint density at radius 3 is 2.15 bits per heavy atom. The molecule has 0 spiro atoms. The smallest absolute Gasteiger partial charge is 0.235 e. The predicted molar refractivity (Wildman–Crippen MR) is 41.8 cm³/mol. The molecule has 1 unspecified atom stereocenters. The van der Waals surface area contributed by atoms with Gasteiger partial charge in [-0.1, -0.05) is 0 Å². The molecule has 0 aliphatic carbocycles. The monoisotopic (exact) mass is 187 g/mol. The quantitative estimate of drug-likeness (QED) is 0.526. The van der Waals surface area contributed by atoms with Crippen molar-refractivity contribution >= 4 is 0 Å². The molecule has 1 aromatic rings. The minimum absolute atomic E-state index is 0.0301. The highest BCUT2D eigenvalue weighted by Crippen LogP contribution is 2.17. The zero-order chi connectivity index (χ0) is 10.0. The van der Waals surface area contributed by atoms with Gasteiger partial charge in [0.15, 0.2) is 0 Å². The second-order valence-electron chi connectivity index (χ2n) is 2.66. The predicted octanol–water partition coefficient (Wildman–Crippen LogP) is 2.30. The number of hydrogen-bond donors (Lipinski definition) is 0. The first-order valence-electron chi connectivity index (χ1n) is 3.60. The Morgan fingerprint density at radius 1 is 1.31 bits per heavy atom. The molecule has 1 aromatic carbocycles. The highest BCUT2D eigenvalue weighted by molar-refractivity contribution is 5.19. The zero-order valence-electron chi connectivity index (χ0n) is 6.83. The molecule has 0 amide bonds. The summed E-state index contributed by atoms with van der Waals surface area (Å²) >= 11 is 0. The van der Waals surface area contributed by atoms with Crippen LogP contribution in [-0.4, -0.2) is 4.92 Å². The van der Waals surface area contributed by atoms with Gasteiger partial charge in [0.1, 0.15) is 11.6 Å². The molecule has 70 valence electrons. The van der Waals surface area contributed by atoms with Crippen molar-refractivity contribution in [2.75, 3.05) is 0 Å². The number of benzene rings is 1. The fourth-order valence-corrected chi connectivity index (χ4v) is 0.938. The number of rotatable bonds is 2. The maximum Gasteiger partial charge on any atom is 0.235 e. The van der Waals surface area contributed by atoms with Gasteiger partial charge in [-0.15, -0.1) is 0 Å². The summed E-state index contributed by atoms with van der Waals surface area (Å²) < 4.78 is 25.2. The van der Waals surface area contributed by atoms with Crippen LogP contribution in [0.3, 0.4) is 0 Å². The average molecular weight is 187 g/mol. The molecule has 0 radical (unpaired) electrons. The average Bonchev–Trinajstić information content (AvgIpc) is 2.01. The van der Waals surface area contributed by atoms with E-state index in [1.165, 1.54) is 6.92 Å². The minimum Gasteiger partial charge on any atom is -0.264 e. The fraction of sp³-hybridized carbons (Fsp3) is 0.250. The van der Waals surface area contributed by atoms with Gasteiger partial charge in [-0.25, -0.2) is 8.78 Å². The maximum absolute atomic E-state index is 12.6. The Balaban J connectivity index is 3.07. The van der Waals surface area contributed by atoms with Crippen LogP contribution >= 0.6 is 0 Å². The molecule has 0 aliphatic rings. The van der Waals surface area contributed by atoms with Gasteiger partial charge in [0.2, 0.25) is 6.04 Å². The first kappa shape index (κ1) is 9.57. The van der Waals surface area contributed by atoms with E-state index in [1.807, 2.05) is 0 Å². The topological polar surface area (TPSA) is 43.1 Å². The number of hydrogen-bond acceptors (Lipinski definition) is 2. The van der Waals surface area contributed by atoms with Gasteiger partial charge in [-0.05, 0) is 12.1 Å². The van der Waals surface area contributed by atoms with Crippen LogP contribution in [0.1, 0.15) is 18.5 Å². The molecule has 13 heavy (non-hydrogen) atoms. The van der Waals surface area contributed by atoms with Gasteiger partial charge in [-0.3, -0.25) is 10.1 Å². The lowest BCUT2D eigenvalue weighted by atomic mass is 10.1. The van der Waals surface area contributed by atoms with E-state index in [9.17, 15) is 18.9 Å². The van der Waals surface area contributed by atoms with Crippen molar-refractivity contribution in [3.63, 3.8) is 0 Å². The zero-order valence-corrected chi connectivity index (χ0v) is 6.83. The largest absolute Gasteiger partial charge is 0.264 e. The van der Waals surface area contributed by atoms with Gasteiger partial charge in [-0.2, -0.15) is 0 Å². The van der Waals surface area contributed by atoms with Crippen molar-refractivity contribution in [1.82, 2.24) is 0 Å². The molecule has 1 rings (SSSR count). The maximum atomic E-state index is 12.6. The summed E-state index contributed by atoms with van der Waals surface area (Å²) in [6, 6.07) is 1.49. The molecule has 0 N–H and O–H groups in total. The van der Waals surface area contributed by atoms with Crippen LogP contribution in [0.25, 0.3) is 0 Å². The Morgan fingerprint density at radius 2 is 1.77 bits per heavy atom. The summed E-state index contributed by atoms with van der Waals surface area (Å²) in [4.78, 5) is 9.68. The molecule has 1 atom stereocenters. The van der Waals surface area contributed by atoms with Crippen LogP contribution in [0.15, 0.2) is 18.2 Å². The third-order valence-electron chi connectivity index (χ3n) is 1.68. The van der Waals surface area contributed by atoms with E-state index in [0.29, 0.717) is 6.07 Å². The summed E-state index contributed by atoms with van der Waals surface area (Å²) in [7, 11) is 0. The van der Waals surface area contributed by atoms with E-state index in [2.05, 4.69) is 0 Å². The first-order valence-corrected chi connectivity index (χ1v) is 3.60. The van der Waals surface area contributed by atoms with Crippen molar-refractivity contribution in [1.29, 1.82) is 0 Å². The van der Waals surface area contributed by atoms with Crippen LogP contribution in [0, 0.1) is 21.7 Å². The lowest BCUT2D eigenvalue weighted by molar-refractivity contribution is -0.524. The van der Waals surface area contributed by atoms with Crippen molar-refractivity contribution < 1.29 is 13.7 Å². The minimum atomic E-state index is -1.09. The molecule has 0 saturated carbocycles. The highest BCUT2D eigenvalue weighted by Gasteiger charge is 2.17. The summed E-state index contributed by atoms with van der Waals surface area (Å²) in [5.74, 6) is -1.60. The molecule has 0 fully saturated rings. The van der Waals surface area contributed by atoms with E-state index in [0.717, 1.165) is 12.1 Å². The van der Waals surface area contributed by atoms with E-state index >= 15 is 0 Å². The second-order valence-corrected chi connectivity index (χ2v) is 2.66. The van der Waals surface area contributed by atoms with Crippen LogP contribution in [0.4, 0.5) is 8.78 Å².